The molecule has 0 radical (unpaired) electrons. The van der Waals surface area contributed by atoms with E-state index < -0.39 is 0 Å². The highest BCUT2D eigenvalue weighted by molar-refractivity contribution is 5.80. The number of aromatic nitrogens is 1. The molecule has 0 amide bonds. The summed E-state index contributed by atoms with van der Waals surface area (Å²) in [7, 11) is 0. The van der Waals surface area contributed by atoms with Crippen LogP contribution >= 0.6 is 0 Å². The van der Waals surface area contributed by atoms with Gasteiger partial charge in [0.15, 0.2) is 0 Å². The van der Waals surface area contributed by atoms with Gasteiger partial charge in [0.2, 0.25) is 0 Å². The van der Waals surface area contributed by atoms with Crippen molar-refractivity contribution < 1.29 is 0 Å². The highest BCUT2D eigenvalue weighted by atomic mass is 14.9. The van der Waals surface area contributed by atoms with Gasteiger partial charge in [-0.3, -0.25) is 0 Å². The number of nitrogens with zero attached hydrogens (tertiary/aromatic N) is 1. The monoisotopic (exact) mass is 240 g/mol. The first-order valence-electron chi connectivity index (χ1n) is 6.53. The van der Waals surface area contributed by atoms with Crippen LogP contribution in [0.5, 0.6) is 0 Å². The predicted molar refractivity (Wildman–Crippen MR) is 77.4 cm³/mol. The van der Waals surface area contributed by atoms with Gasteiger partial charge in [0.05, 0.1) is 0 Å². The van der Waals surface area contributed by atoms with Crippen molar-refractivity contribution >= 4 is 10.9 Å². The van der Waals surface area contributed by atoms with Gasteiger partial charge in [-0.1, -0.05) is 19.1 Å². The van der Waals surface area contributed by atoms with Gasteiger partial charge in [-0.25, -0.2) is 0 Å². The molecule has 2 rings (SSSR count). The minimum absolute atomic E-state index is 0.914. The molecule has 2 heteroatoms. The second kappa shape index (κ2) is 6.28. The number of fused-ring (bicyclic) bond motifs is 1. The second-order valence-corrected chi connectivity index (χ2v) is 4.36. The van der Waals surface area contributed by atoms with Crippen LogP contribution in [-0.2, 0) is 13.1 Å². The van der Waals surface area contributed by atoms with E-state index in [1.165, 1.54) is 16.5 Å². The first-order valence-corrected chi connectivity index (χ1v) is 6.53. The van der Waals surface area contributed by atoms with E-state index in [0.717, 1.165) is 26.1 Å². The molecule has 1 aromatic heterocycles. The average Bonchev–Trinajstić information content (AvgIpc) is 2.79. The predicted octanol–water partition coefficient (Wildman–Crippen LogP) is 3.16. The van der Waals surface area contributed by atoms with Crippen LogP contribution in [0.3, 0.4) is 0 Å². The molecule has 0 saturated heterocycles. The van der Waals surface area contributed by atoms with Gasteiger partial charge in [0.25, 0.3) is 0 Å². The summed E-state index contributed by atoms with van der Waals surface area (Å²) >= 11 is 0. The Kier molecular flexibility index (Phi) is 4.44. The van der Waals surface area contributed by atoms with Crippen LogP contribution in [0.4, 0.5) is 0 Å². The largest absolute Gasteiger partial charge is 0.347 e. The summed E-state index contributed by atoms with van der Waals surface area (Å²) in [5.41, 5.74) is 2.65. The van der Waals surface area contributed by atoms with Gasteiger partial charge in [0.1, 0.15) is 0 Å². The lowest BCUT2D eigenvalue weighted by atomic mass is 10.1. The summed E-state index contributed by atoms with van der Waals surface area (Å²) in [5, 5.41) is 4.67. The lowest BCUT2D eigenvalue weighted by Gasteiger charge is -2.06. The van der Waals surface area contributed by atoms with Crippen LogP contribution in [0.2, 0.25) is 0 Å². The van der Waals surface area contributed by atoms with Gasteiger partial charge in [0, 0.05) is 31.2 Å². The topological polar surface area (TPSA) is 17.0 Å². The SMILES string of the molecule is CC#CCCn1ccc2ccc(CNCC)cc21. The van der Waals surface area contributed by atoms with Crippen LogP contribution in [-0.4, -0.2) is 11.1 Å². The molecule has 0 aliphatic heterocycles. The van der Waals surface area contributed by atoms with Gasteiger partial charge in [-0.15, -0.1) is 11.8 Å². The van der Waals surface area contributed by atoms with Crippen LogP contribution in [0.1, 0.15) is 25.8 Å². The summed E-state index contributed by atoms with van der Waals surface area (Å²) in [4.78, 5) is 0. The zero-order valence-corrected chi connectivity index (χ0v) is 11.2. The molecule has 94 valence electrons. The van der Waals surface area contributed by atoms with E-state index in [-0.39, 0.29) is 0 Å². The van der Waals surface area contributed by atoms with E-state index in [1.54, 1.807) is 0 Å². The number of rotatable bonds is 5. The summed E-state index contributed by atoms with van der Waals surface area (Å²) in [5.74, 6) is 6.06. The molecule has 18 heavy (non-hydrogen) atoms. The van der Waals surface area contributed by atoms with Crippen LogP contribution < -0.4 is 5.32 Å². The molecule has 1 N–H and O–H groups in total. The second-order valence-electron chi connectivity index (χ2n) is 4.36. The van der Waals surface area contributed by atoms with Crippen molar-refractivity contribution in [2.24, 2.45) is 0 Å². The molecule has 0 saturated carbocycles. The molecule has 1 heterocycles. The summed E-state index contributed by atoms with van der Waals surface area (Å²) in [6.45, 7) is 6.93. The first-order chi connectivity index (χ1) is 8.85. The van der Waals surface area contributed by atoms with Crippen LogP contribution in [0.15, 0.2) is 30.5 Å². The number of aryl methyl sites for hydroxylation is 1. The van der Waals surface area contributed by atoms with Crippen LogP contribution in [0, 0.1) is 11.8 Å². The number of hydrogen-bond acceptors (Lipinski definition) is 1. The number of nitrogens with one attached hydrogen (secondary N) is 1. The van der Waals surface area contributed by atoms with Gasteiger partial charge < -0.3 is 9.88 Å². The van der Waals surface area contributed by atoms with E-state index in [1.807, 2.05) is 6.92 Å². The Labute approximate surface area is 109 Å². The van der Waals surface area contributed by atoms with Gasteiger partial charge in [-0.05, 0) is 36.6 Å². The third-order valence-electron chi connectivity index (χ3n) is 3.07. The fourth-order valence-corrected chi connectivity index (χ4v) is 2.11. The molecule has 0 aliphatic rings. The quantitative estimate of drug-likeness (QED) is 0.794. The molecule has 0 aliphatic carbocycles. The zero-order valence-electron chi connectivity index (χ0n) is 11.2. The molecule has 0 bridgehead atoms. The maximum atomic E-state index is 3.36. The lowest BCUT2D eigenvalue weighted by Crippen LogP contribution is -2.11. The van der Waals surface area contributed by atoms with Crippen molar-refractivity contribution in [3.63, 3.8) is 0 Å². The van der Waals surface area contributed by atoms with E-state index in [9.17, 15) is 0 Å². The smallest absolute Gasteiger partial charge is 0.0483 e. The third-order valence-corrected chi connectivity index (χ3v) is 3.07. The van der Waals surface area contributed by atoms with Gasteiger partial charge >= 0.3 is 0 Å². The van der Waals surface area contributed by atoms with E-state index in [2.05, 4.69) is 59.1 Å². The molecule has 2 nitrogen and oxygen atoms in total. The molecule has 0 spiro atoms. The number of hydrogen-bond donors (Lipinski definition) is 1. The normalized spacial score (nSPS) is 10.3. The van der Waals surface area contributed by atoms with Crippen molar-refractivity contribution in [1.29, 1.82) is 0 Å². The van der Waals surface area contributed by atoms with E-state index in [4.69, 9.17) is 0 Å². The Morgan fingerprint density at radius 1 is 1.28 bits per heavy atom. The van der Waals surface area contributed by atoms with E-state index >= 15 is 0 Å². The summed E-state index contributed by atoms with van der Waals surface area (Å²) < 4.78 is 2.29. The zero-order chi connectivity index (χ0) is 12.8. The van der Waals surface area contributed by atoms with E-state index in [0.29, 0.717) is 0 Å². The Morgan fingerprint density at radius 2 is 2.17 bits per heavy atom. The van der Waals surface area contributed by atoms with Crippen LogP contribution in [0.25, 0.3) is 10.9 Å². The van der Waals surface area contributed by atoms with Crippen molar-refractivity contribution in [2.75, 3.05) is 6.54 Å². The standard InChI is InChI=1S/C16H20N2/c1-3-5-6-10-18-11-9-15-8-7-14(12-16(15)18)13-17-4-2/h7-9,11-12,17H,4,6,10,13H2,1-2H3. The average molecular weight is 240 g/mol. The molecular weight excluding hydrogens is 220 g/mol. The molecule has 2 aromatic rings. The Bertz CT molecular complexity index is 570. The fourth-order valence-electron chi connectivity index (χ4n) is 2.11. The Morgan fingerprint density at radius 3 is 2.94 bits per heavy atom. The van der Waals surface area contributed by atoms with Crippen molar-refractivity contribution in [1.82, 2.24) is 9.88 Å². The third kappa shape index (κ3) is 2.94. The lowest BCUT2D eigenvalue weighted by molar-refractivity contribution is 0.724. The molecule has 0 fully saturated rings. The Hall–Kier alpha value is -1.72. The van der Waals surface area contributed by atoms with Crippen molar-refractivity contribution in [3.8, 4) is 11.8 Å². The highest BCUT2D eigenvalue weighted by Gasteiger charge is 2.01. The highest BCUT2D eigenvalue weighted by Crippen LogP contribution is 2.18. The first kappa shape index (κ1) is 12.7. The Balaban J connectivity index is 2.21. The molecule has 0 unspecified atom stereocenters. The fraction of sp³-hybridized carbons (Fsp3) is 0.375. The minimum Gasteiger partial charge on any atom is -0.347 e. The van der Waals surface area contributed by atoms with Crippen molar-refractivity contribution in [2.45, 2.75) is 33.4 Å². The van der Waals surface area contributed by atoms with Crippen molar-refractivity contribution in [3.05, 3.63) is 36.0 Å². The molecule has 1 aromatic carbocycles. The maximum Gasteiger partial charge on any atom is 0.0483 e. The summed E-state index contributed by atoms with van der Waals surface area (Å²) in [6, 6.07) is 8.84. The molecule has 0 atom stereocenters. The minimum atomic E-state index is 0.914. The summed E-state index contributed by atoms with van der Waals surface area (Å²) in [6.07, 6.45) is 3.07. The molecular formula is C16H20N2. The maximum absolute atomic E-state index is 3.36. The van der Waals surface area contributed by atoms with Gasteiger partial charge in [-0.2, -0.15) is 0 Å². The number of benzene rings is 1.